The molecule has 1 unspecified atom stereocenters. The van der Waals surface area contributed by atoms with E-state index < -0.39 is 10.0 Å². The van der Waals surface area contributed by atoms with Crippen LogP contribution in [0.3, 0.4) is 0 Å². The molecule has 0 spiro atoms. The lowest BCUT2D eigenvalue weighted by molar-refractivity contribution is -0.137. The number of para-hydroxylation sites is 1. The Kier molecular flexibility index (Phi) is 6.15. The van der Waals surface area contributed by atoms with Crippen molar-refractivity contribution in [3.05, 3.63) is 46.8 Å². The van der Waals surface area contributed by atoms with E-state index in [9.17, 15) is 13.2 Å². The molecule has 1 amide bonds. The SMILES string of the molecule is O=C(C1CCCN(S(=O)(=O)c2cccs2)C1)N1CCN(c2ccccc2Cl)CC1. The van der Waals surface area contributed by atoms with E-state index in [4.69, 9.17) is 11.6 Å². The molecule has 0 aliphatic carbocycles. The molecule has 0 bridgehead atoms. The standard InChI is InChI=1S/C20H24ClN3O3S2/c21-17-6-1-2-7-18(17)22-10-12-23(13-11-22)20(25)16-5-3-9-24(15-16)29(26,27)19-8-4-14-28-19/h1-2,4,6-8,14,16H,3,5,9-13,15H2. The highest BCUT2D eigenvalue weighted by molar-refractivity contribution is 7.91. The Bertz CT molecular complexity index is 957. The van der Waals surface area contributed by atoms with Gasteiger partial charge in [-0.05, 0) is 36.4 Å². The van der Waals surface area contributed by atoms with Gasteiger partial charge in [0.15, 0.2) is 0 Å². The predicted molar refractivity (Wildman–Crippen MR) is 116 cm³/mol. The first-order chi connectivity index (χ1) is 14.0. The zero-order valence-electron chi connectivity index (χ0n) is 16.0. The van der Waals surface area contributed by atoms with Crippen molar-refractivity contribution in [2.45, 2.75) is 17.1 Å². The summed E-state index contributed by atoms with van der Waals surface area (Å²) < 4.78 is 27.5. The first kappa shape index (κ1) is 20.7. The van der Waals surface area contributed by atoms with Crippen LogP contribution in [0.15, 0.2) is 46.0 Å². The lowest BCUT2D eigenvalue weighted by Gasteiger charge is -2.39. The van der Waals surface area contributed by atoms with E-state index in [-0.39, 0.29) is 18.4 Å². The minimum Gasteiger partial charge on any atom is -0.367 e. The summed E-state index contributed by atoms with van der Waals surface area (Å²) in [5, 5.41) is 2.48. The van der Waals surface area contributed by atoms with Crippen molar-refractivity contribution in [2.24, 2.45) is 5.92 Å². The number of sulfonamides is 1. The Morgan fingerprint density at radius 2 is 1.79 bits per heavy atom. The number of hydrogen-bond acceptors (Lipinski definition) is 5. The lowest BCUT2D eigenvalue weighted by atomic mass is 9.97. The number of benzene rings is 1. The van der Waals surface area contributed by atoms with E-state index in [0.717, 1.165) is 25.2 Å². The molecular formula is C20H24ClN3O3S2. The van der Waals surface area contributed by atoms with Gasteiger partial charge in [0.1, 0.15) is 4.21 Å². The summed E-state index contributed by atoms with van der Waals surface area (Å²) >= 11 is 7.51. The molecule has 29 heavy (non-hydrogen) atoms. The second-order valence-electron chi connectivity index (χ2n) is 7.40. The van der Waals surface area contributed by atoms with Crippen LogP contribution in [-0.4, -0.2) is 62.8 Å². The summed E-state index contributed by atoms with van der Waals surface area (Å²) in [6.07, 6.45) is 1.45. The lowest BCUT2D eigenvalue weighted by Crippen LogP contribution is -2.53. The third kappa shape index (κ3) is 4.30. The fourth-order valence-corrected chi connectivity index (χ4v) is 6.96. The van der Waals surface area contributed by atoms with Crippen molar-refractivity contribution in [1.29, 1.82) is 0 Å². The van der Waals surface area contributed by atoms with E-state index in [1.54, 1.807) is 17.5 Å². The van der Waals surface area contributed by atoms with Crippen LogP contribution >= 0.6 is 22.9 Å². The quantitative estimate of drug-likeness (QED) is 0.713. The van der Waals surface area contributed by atoms with Crippen molar-refractivity contribution in [2.75, 3.05) is 44.2 Å². The van der Waals surface area contributed by atoms with Gasteiger partial charge >= 0.3 is 0 Å². The van der Waals surface area contributed by atoms with E-state index >= 15 is 0 Å². The summed E-state index contributed by atoms with van der Waals surface area (Å²) in [5.41, 5.74) is 0.993. The first-order valence-electron chi connectivity index (χ1n) is 9.79. The molecule has 1 atom stereocenters. The van der Waals surface area contributed by atoms with Gasteiger partial charge in [-0.3, -0.25) is 4.79 Å². The number of piperidine rings is 1. The maximum atomic E-state index is 13.1. The number of carbonyl (C=O) groups is 1. The van der Waals surface area contributed by atoms with Crippen molar-refractivity contribution in [1.82, 2.24) is 9.21 Å². The van der Waals surface area contributed by atoms with Crippen molar-refractivity contribution in [3.63, 3.8) is 0 Å². The molecule has 1 aromatic carbocycles. The number of halogens is 1. The molecule has 0 saturated carbocycles. The summed E-state index contributed by atoms with van der Waals surface area (Å²) in [7, 11) is -3.51. The highest BCUT2D eigenvalue weighted by Crippen LogP contribution is 2.29. The Hall–Kier alpha value is -1.61. The number of anilines is 1. The monoisotopic (exact) mass is 453 g/mol. The predicted octanol–water partition coefficient (Wildman–Crippen LogP) is 3.15. The highest BCUT2D eigenvalue weighted by Gasteiger charge is 2.36. The molecule has 2 aliphatic heterocycles. The van der Waals surface area contributed by atoms with Gasteiger partial charge in [-0.2, -0.15) is 4.31 Å². The molecular weight excluding hydrogens is 430 g/mol. The molecule has 2 saturated heterocycles. The maximum absolute atomic E-state index is 13.1. The summed E-state index contributed by atoms with van der Waals surface area (Å²) in [6, 6.07) is 11.1. The minimum atomic E-state index is -3.51. The Morgan fingerprint density at radius 1 is 1.03 bits per heavy atom. The topological polar surface area (TPSA) is 60.9 Å². The second-order valence-corrected chi connectivity index (χ2v) is 10.9. The zero-order chi connectivity index (χ0) is 20.4. The first-order valence-corrected chi connectivity index (χ1v) is 12.5. The fraction of sp³-hybridized carbons (Fsp3) is 0.450. The number of nitrogens with zero attached hydrogens (tertiary/aromatic N) is 3. The van der Waals surface area contributed by atoms with E-state index in [0.29, 0.717) is 35.3 Å². The van der Waals surface area contributed by atoms with Crippen molar-refractivity contribution < 1.29 is 13.2 Å². The number of piperazine rings is 1. The summed E-state index contributed by atoms with van der Waals surface area (Å²) in [6.45, 7) is 3.43. The molecule has 2 aliphatic rings. The molecule has 2 aromatic rings. The van der Waals surface area contributed by atoms with E-state index in [1.165, 1.54) is 15.6 Å². The molecule has 2 fully saturated rings. The van der Waals surface area contributed by atoms with Crippen LogP contribution in [0.2, 0.25) is 5.02 Å². The van der Waals surface area contributed by atoms with Crippen molar-refractivity contribution in [3.8, 4) is 0 Å². The molecule has 3 heterocycles. The number of hydrogen-bond donors (Lipinski definition) is 0. The average molecular weight is 454 g/mol. The van der Waals surface area contributed by atoms with Crippen LogP contribution in [0.4, 0.5) is 5.69 Å². The van der Waals surface area contributed by atoms with Gasteiger partial charge in [0.25, 0.3) is 10.0 Å². The Morgan fingerprint density at radius 3 is 2.48 bits per heavy atom. The second kappa shape index (κ2) is 8.63. The normalized spacial score (nSPS) is 21.3. The molecule has 0 radical (unpaired) electrons. The van der Waals surface area contributed by atoms with Gasteiger partial charge < -0.3 is 9.80 Å². The number of rotatable bonds is 4. The fourth-order valence-electron chi connectivity index (χ4n) is 4.03. The molecule has 4 rings (SSSR count). The summed E-state index contributed by atoms with van der Waals surface area (Å²) in [4.78, 5) is 17.2. The van der Waals surface area contributed by atoms with Crippen molar-refractivity contribution >= 4 is 44.6 Å². The van der Waals surface area contributed by atoms with Crippen LogP contribution in [-0.2, 0) is 14.8 Å². The van der Waals surface area contributed by atoms with E-state index in [1.807, 2.05) is 29.2 Å². The Labute approximate surface area is 180 Å². The number of thiophene rings is 1. The van der Waals surface area contributed by atoms with Crippen LogP contribution in [0.25, 0.3) is 0 Å². The molecule has 9 heteroatoms. The van der Waals surface area contributed by atoms with Gasteiger partial charge in [0.05, 0.1) is 16.6 Å². The number of amides is 1. The molecule has 1 aromatic heterocycles. The molecule has 156 valence electrons. The van der Waals surface area contributed by atoms with Gasteiger partial charge in [0, 0.05) is 39.3 Å². The van der Waals surface area contributed by atoms with Crippen LogP contribution in [0.5, 0.6) is 0 Å². The molecule has 0 N–H and O–H groups in total. The molecule has 6 nitrogen and oxygen atoms in total. The van der Waals surface area contributed by atoms with E-state index in [2.05, 4.69) is 4.90 Å². The van der Waals surface area contributed by atoms with Gasteiger partial charge in [-0.1, -0.05) is 29.8 Å². The Balaban J connectivity index is 1.38. The zero-order valence-corrected chi connectivity index (χ0v) is 18.4. The maximum Gasteiger partial charge on any atom is 0.252 e. The van der Waals surface area contributed by atoms with Crippen LogP contribution in [0, 0.1) is 5.92 Å². The van der Waals surface area contributed by atoms with Gasteiger partial charge in [-0.15, -0.1) is 11.3 Å². The summed E-state index contributed by atoms with van der Waals surface area (Å²) in [5.74, 6) is -0.208. The van der Waals surface area contributed by atoms with Crippen LogP contribution < -0.4 is 4.90 Å². The smallest absolute Gasteiger partial charge is 0.252 e. The van der Waals surface area contributed by atoms with Gasteiger partial charge in [0.2, 0.25) is 5.91 Å². The number of carbonyl (C=O) groups excluding carboxylic acids is 1. The third-order valence-corrected chi connectivity index (χ3v) is 9.16. The average Bonchev–Trinajstić information content (AvgIpc) is 3.30. The van der Waals surface area contributed by atoms with Gasteiger partial charge in [-0.25, -0.2) is 8.42 Å². The minimum absolute atomic E-state index is 0.0647. The van der Waals surface area contributed by atoms with Crippen LogP contribution in [0.1, 0.15) is 12.8 Å². The third-order valence-electron chi connectivity index (χ3n) is 5.61. The largest absolute Gasteiger partial charge is 0.367 e. The highest BCUT2D eigenvalue weighted by atomic mass is 35.5.